The van der Waals surface area contributed by atoms with Gasteiger partial charge in [-0.05, 0) is 121 Å². The molecule has 0 aliphatic rings. The Morgan fingerprint density at radius 3 is 1.60 bits per heavy atom. The van der Waals surface area contributed by atoms with Crippen molar-refractivity contribution in [2.24, 2.45) is 0 Å². The molecule has 0 saturated carbocycles. The molecule has 0 bridgehead atoms. The highest BCUT2D eigenvalue weighted by atomic mass is 32.2. The van der Waals surface area contributed by atoms with Crippen LogP contribution in [0.4, 0.5) is 0 Å². The van der Waals surface area contributed by atoms with Crippen LogP contribution in [0.5, 0.6) is 11.5 Å². The van der Waals surface area contributed by atoms with Gasteiger partial charge in [0.1, 0.15) is 24.7 Å². The van der Waals surface area contributed by atoms with Crippen molar-refractivity contribution in [1.29, 1.82) is 0 Å². The number of rotatable bonds is 13. The second kappa shape index (κ2) is 19.3. The van der Waals surface area contributed by atoms with Crippen molar-refractivity contribution < 1.29 is 28.6 Å². The molecular formula is C40H32O6S2. The van der Waals surface area contributed by atoms with Crippen LogP contribution in [0.3, 0.4) is 0 Å². The maximum atomic E-state index is 12.8. The van der Waals surface area contributed by atoms with Crippen LogP contribution >= 0.6 is 23.5 Å². The Morgan fingerprint density at radius 1 is 0.604 bits per heavy atom. The van der Waals surface area contributed by atoms with Crippen molar-refractivity contribution >= 4 is 39.7 Å². The van der Waals surface area contributed by atoms with Crippen LogP contribution < -0.4 is 9.47 Å². The number of hydrogen-bond donors (Lipinski definition) is 0. The minimum absolute atomic E-state index is 0.0225. The monoisotopic (exact) mass is 672 g/mol. The van der Waals surface area contributed by atoms with E-state index in [0.717, 1.165) is 57.2 Å². The molecule has 4 aromatic rings. The van der Waals surface area contributed by atoms with Gasteiger partial charge in [-0.3, -0.25) is 9.59 Å². The highest BCUT2D eigenvalue weighted by molar-refractivity contribution is 8.14. The van der Waals surface area contributed by atoms with Crippen molar-refractivity contribution in [2.75, 3.05) is 25.6 Å². The molecule has 8 heteroatoms. The quantitative estimate of drug-likeness (QED) is 0.0470. The number of thioether (sulfide) groups is 2. The Bertz CT molecular complexity index is 1840. The summed E-state index contributed by atoms with van der Waals surface area (Å²) in [6, 6.07) is 29.7. The van der Waals surface area contributed by atoms with E-state index < -0.39 is 5.97 Å². The third-order valence-electron chi connectivity index (χ3n) is 6.33. The zero-order valence-corrected chi connectivity index (χ0v) is 27.7. The van der Waals surface area contributed by atoms with E-state index in [-0.39, 0.29) is 23.4 Å². The largest absolute Gasteiger partial charge is 0.494 e. The first-order valence-electron chi connectivity index (χ1n) is 14.9. The van der Waals surface area contributed by atoms with Crippen LogP contribution in [0.1, 0.15) is 39.0 Å². The third kappa shape index (κ3) is 12.4. The van der Waals surface area contributed by atoms with E-state index in [0.29, 0.717) is 23.7 Å². The fraction of sp³-hybridized carbons (Fsp3) is 0.125. The lowest BCUT2D eigenvalue weighted by Gasteiger charge is -2.07. The summed E-state index contributed by atoms with van der Waals surface area (Å²) in [6.45, 7) is 7.69. The molecule has 6 nitrogen and oxygen atoms in total. The summed E-state index contributed by atoms with van der Waals surface area (Å²) >= 11 is 2.37. The summed E-state index contributed by atoms with van der Waals surface area (Å²) in [7, 11) is 0. The summed E-state index contributed by atoms with van der Waals surface area (Å²) < 4.78 is 16.1. The van der Waals surface area contributed by atoms with Crippen LogP contribution in [0.25, 0.3) is 0 Å². The summed E-state index contributed by atoms with van der Waals surface area (Å²) in [4.78, 5) is 35.8. The van der Waals surface area contributed by atoms with Gasteiger partial charge in [0.25, 0.3) is 0 Å². The molecule has 240 valence electrons. The maximum absolute atomic E-state index is 12.8. The predicted molar refractivity (Wildman–Crippen MR) is 192 cm³/mol. The van der Waals surface area contributed by atoms with Gasteiger partial charge in [-0.25, -0.2) is 4.79 Å². The Hall–Kier alpha value is -5.41. The SMILES string of the molecule is C=CC(=O)OCCOc1ccc(SC(=O)c2ccc(C#Cc3ccc(C#Cc4ccc(OCCCSC(=O)C=C)cc4)cc3)cc2)cc1. The lowest BCUT2D eigenvalue weighted by Crippen LogP contribution is -2.10. The topological polar surface area (TPSA) is 78.9 Å². The lowest BCUT2D eigenvalue weighted by molar-refractivity contribution is -0.138. The number of carbonyl (C=O) groups excluding carboxylic acids is 3. The van der Waals surface area contributed by atoms with Crippen molar-refractivity contribution in [3.63, 3.8) is 0 Å². The van der Waals surface area contributed by atoms with E-state index in [4.69, 9.17) is 14.2 Å². The van der Waals surface area contributed by atoms with E-state index in [2.05, 4.69) is 36.8 Å². The van der Waals surface area contributed by atoms with Crippen molar-refractivity contribution in [1.82, 2.24) is 0 Å². The van der Waals surface area contributed by atoms with Gasteiger partial charge in [0.15, 0.2) is 0 Å². The molecule has 0 N–H and O–H groups in total. The minimum atomic E-state index is -0.494. The van der Waals surface area contributed by atoms with Gasteiger partial charge in [-0.1, -0.05) is 48.6 Å². The summed E-state index contributed by atoms with van der Waals surface area (Å²) in [5.41, 5.74) is 3.99. The van der Waals surface area contributed by atoms with E-state index in [9.17, 15) is 14.4 Å². The molecule has 0 saturated heterocycles. The van der Waals surface area contributed by atoms with Gasteiger partial charge in [-0.2, -0.15) is 0 Å². The van der Waals surface area contributed by atoms with Crippen LogP contribution in [0, 0.1) is 23.7 Å². The first kappa shape index (κ1) is 35.4. The first-order chi connectivity index (χ1) is 23.4. The first-order valence-corrected chi connectivity index (χ1v) is 16.7. The number of carbonyl (C=O) groups is 3. The molecule has 4 aromatic carbocycles. The molecule has 0 aliphatic heterocycles. The average Bonchev–Trinajstić information content (AvgIpc) is 3.13. The molecule has 0 unspecified atom stereocenters. The number of ether oxygens (including phenoxy) is 3. The zero-order chi connectivity index (χ0) is 34.0. The molecule has 0 radical (unpaired) electrons. The van der Waals surface area contributed by atoms with E-state index in [1.807, 2.05) is 60.7 Å². The zero-order valence-electron chi connectivity index (χ0n) is 26.1. The van der Waals surface area contributed by atoms with Crippen molar-refractivity contribution in [3.05, 3.63) is 150 Å². The van der Waals surface area contributed by atoms with Gasteiger partial charge in [0, 0.05) is 44.5 Å². The second-order valence-electron chi connectivity index (χ2n) is 9.83. The molecule has 0 heterocycles. The molecule has 0 aliphatic carbocycles. The molecule has 0 spiro atoms. The normalized spacial score (nSPS) is 9.92. The predicted octanol–water partition coefficient (Wildman–Crippen LogP) is 7.74. The highest BCUT2D eigenvalue weighted by Gasteiger charge is 2.08. The van der Waals surface area contributed by atoms with E-state index in [1.165, 1.54) is 17.8 Å². The smallest absolute Gasteiger partial charge is 0.330 e. The van der Waals surface area contributed by atoms with Crippen LogP contribution in [-0.4, -0.2) is 41.8 Å². The molecule has 0 aromatic heterocycles. The van der Waals surface area contributed by atoms with Crippen LogP contribution in [0.2, 0.25) is 0 Å². The highest BCUT2D eigenvalue weighted by Crippen LogP contribution is 2.25. The molecule has 0 amide bonds. The lowest BCUT2D eigenvalue weighted by atomic mass is 10.1. The molecule has 0 fully saturated rings. The number of esters is 1. The molecule has 48 heavy (non-hydrogen) atoms. The Kier molecular flexibility index (Phi) is 14.2. The minimum Gasteiger partial charge on any atom is -0.494 e. The van der Waals surface area contributed by atoms with Gasteiger partial charge in [0.2, 0.25) is 10.2 Å². The fourth-order valence-corrected chi connectivity index (χ4v) is 5.18. The van der Waals surface area contributed by atoms with E-state index >= 15 is 0 Å². The molecule has 0 atom stereocenters. The van der Waals surface area contributed by atoms with Crippen molar-refractivity contribution in [2.45, 2.75) is 11.3 Å². The summed E-state index contributed by atoms with van der Waals surface area (Å²) in [5.74, 6) is 14.2. The summed E-state index contributed by atoms with van der Waals surface area (Å²) in [6.07, 6.45) is 3.19. The van der Waals surface area contributed by atoms with Gasteiger partial charge >= 0.3 is 5.97 Å². The summed E-state index contributed by atoms with van der Waals surface area (Å²) in [5, 5.41) is -0.101. The van der Waals surface area contributed by atoms with Crippen molar-refractivity contribution in [3.8, 4) is 35.2 Å². The number of hydrogen-bond acceptors (Lipinski definition) is 8. The Balaban J connectivity index is 1.22. The van der Waals surface area contributed by atoms with Crippen LogP contribution in [-0.2, 0) is 14.3 Å². The fourth-order valence-electron chi connectivity index (χ4n) is 3.86. The molecular weight excluding hydrogens is 641 g/mol. The average molecular weight is 673 g/mol. The van der Waals surface area contributed by atoms with E-state index in [1.54, 1.807) is 36.4 Å². The number of benzene rings is 4. The Labute approximate surface area is 289 Å². The standard InChI is InChI=1S/C40H32O6S2/c1-3-38(41)46-28-27-45-36-22-24-37(25-23-36)48-40(43)34-18-14-32(15-19-34)12-10-30-6-8-31(9-7-30)11-13-33-16-20-35(21-17-33)44-26-5-29-47-39(42)4-2/h3-4,6-9,14-25H,1-2,5,26-29H2. The Morgan fingerprint density at radius 2 is 1.08 bits per heavy atom. The van der Waals surface area contributed by atoms with Gasteiger partial charge in [0.05, 0.1) is 6.61 Å². The second-order valence-corrected chi connectivity index (χ2v) is 12.0. The van der Waals surface area contributed by atoms with Gasteiger partial charge in [-0.15, -0.1) is 0 Å². The van der Waals surface area contributed by atoms with Crippen LogP contribution in [0.15, 0.2) is 127 Å². The molecule has 4 rings (SSSR count). The van der Waals surface area contributed by atoms with Gasteiger partial charge < -0.3 is 14.2 Å². The third-order valence-corrected chi connectivity index (χ3v) is 8.20. The maximum Gasteiger partial charge on any atom is 0.330 e.